The second kappa shape index (κ2) is 39.9. The summed E-state index contributed by atoms with van der Waals surface area (Å²) in [6.45, 7) is 2.27. The molecule has 11 heteroatoms. The van der Waals surface area contributed by atoms with Crippen LogP contribution in [0.4, 0.5) is 0 Å². The van der Waals surface area contributed by atoms with Crippen LogP contribution in [0, 0.1) is 0 Å². The maximum Gasteiger partial charge on any atom is 0.472 e. The Bertz CT molecular complexity index is 1100. The molecule has 0 bridgehead atoms. The van der Waals surface area contributed by atoms with Crippen LogP contribution in [-0.4, -0.2) is 65.7 Å². The molecule has 0 rings (SSSR count). The van der Waals surface area contributed by atoms with E-state index in [9.17, 15) is 24.2 Å². The van der Waals surface area contributed by atoms with Gasteiger partial charge in [0.1, 0.15) is 12.7 Å². The SMILES string of the molecule is CCCCC/C=C\C/C=C\C/C=C\C/C=C\CCCCCC(=O)OC[C@H](COP(=O)(O)OC[C@@H](O)CO)OC(=O)CCCCCCC/C=C\CCCCCC. The average Bonchev–Trinajstić information content (AvgIpc) is 3.17. The minimum Gasteiger partial charge on any atom is -0.462 e. The first-order valence-corrected chi connectivity index (χ1v) is 22.7. The Morgan fingerprint density at radius 3 is 1.49 bits per heavy atom. The number of carbonyl (C=O) groups excluding carboxylic acids is 2. The van der Waals surface area contributed by atoms with Gasteiger partial charge in [-0.1, -0.05) is 132 Å². The summed E-state index contributed by atoms with van der Waals surface area (Å²) < 4.78 is 32.6. The molecule has 0 radical (unpaired) electrons. The summed E-state index contributed by atoms with van der Waals surface area (Å²) in [6.07, 6.45) is 43.3. The Morgan fingerprint density at radius 1 is 0.545 bits per heavy atom. The lowest BCUT2D eigenvalue weighted by atomic mass is 10.1. The van der Waals surface area contributed by atoms with Gasteiger partial charge < -0.3 is 24.6 Å². The van der Waals surface area contributed by atoms with E-state index < -0.39 is 51.8 Å². The number of aliphatic hydroxyl groups excluding tert-OH is 2. The van der Waals surface area contributed by atoms with E-state index in [0.29, 0.717) is 12.8 Å². The van der Waals surface area contributed by atoms with Crippen LogP contribution in [0.2, 0.25) is 0 Å². The number of ether oxygens (including phenoxy) is 2. The summed E-state index contributed by atoms with van der Waals surface area (Å²) in [6, 6.07) is 0. The van der Waals surface area contributed by atoms with Crippen molar-refractivity contribution in [3.63, 3.8) is 0 Å². The molecule has 318 valence electrons. The Balaban J connectivity index is 4.38. The molecule has 0 aromatic rings. The molecule has 0 heterocycles. The van der Waals surface area contributed by atoms with Crippen LogP contribution in [0.3, 0.4) is 0 Å². The second-order valence-electron chi connectivity index (χ2n) is 14.0. The Kier molecular flexibility index (Phi) is 38.2. The molecule has 0 aliphatic carbocycles. The van der Waals surface area contributed by atoms with Crippen molar-refractivity contribution < 1.29 is 47.8 Å². The molecule has 55 heavy (non-hydrogen) atoms. The van der Waals surface area contributed by atoms with E-state index >= 15 is 0 Å². The largest absolute Gasteiger partial charge is 0.472 e. The molecule has 0 aromatic carbocycles. The standard InChI is InChI=1S/C44H77O10P/c1-3-5-7-9-11-13-15-17-18-19-20-21-22-24-25-27-29-31-33-35-43(47)51-39-42(40-53-55(49,50)52-38-41(46)37-45)54-44(48)36-34-32-30-28-26-23-16-14-12-10-8-6-4-2/h11,13-14,16-18,20-21,24-25,41-42,45-46H,3-10,12,15,19,22-23,26-40H2,1-2H3,(H,49,50)/b13-11-,16-14-,18-17-,21-20-,25-24-/t41-,42+/m0/s1. The van der Waals surface area contributed by atoms with Crippen LogP contribution in [0.5, 0.6) is 0 Å². The van der Waals surface area contributed by atoms with E-state index in [1.165, 1.54) is 51.4 Å². The van der Waals surface area contributed by atoms with Crippen molar-refractivity contribution in [3.8, 4) is 0 Å². The fraction of sp³-hybridized carbons (Fsp3) is 0.727. The minimum atomic E-state index is -4.63. The highest BCUT2D eigenvalue weighted by molar-refractivity contribution is 7.47. The predicted octanol–water partition coefficient (Wildman–Crippen LogP) is 11.1. The Hall–Kier alpha value is -2.33. The molecule has 0 saturated heterocycles. The van der Waals surface area contributed by atoms with Crippen LogP contribution >= 0.6 is 7.82 Å². The van der Waals surface area contributed by atoms with Gasteiger partial charge in [0.15, 0.2) is 6.10 Å². The minimum absolute atomic E-state index is 0.164. The van der Waals surface area contributed by atoms with Crippen LogP contribution in [0.15, 0.2) is 60.8 Å². The van der Waals surface area contributed by atoms with Gasteiger partial charge in [-0.15, -0.1) is 0 Å². The molecule has 1 unspecified atom stereocenters. The summed E-state index contributed by atoms with van der Waals surface area (Å²) >= 11 is 0. The lowest BCUT2D eigenvalue weighted by Gasteiger charge is -2.20. The lowest BCUT2D eigenvalue weighted by Crippen LogP contribution is -2.29. The molecule has 0 saturated carbocycles. The van der Waals surface area contributed by atoms with Gasteiger partial charge >= 0.3 is 19.8 Å². The summed E-state index contributed by atoms with van der Waals surface area (Å²) in [7, 11) is -4.63. The third-order valence-electron chi connectivity index (χ3n) is 8.64. The molecule has 0 aromatic heterocycles. The zero-order chi connectivity index (χ0) is 40.5. The number of unbranched alkanes of at least 4 members (excludes halogenated alkanes) is 15. The monoisotopic (exact) mass is 797 g/mol. The van der Waals surface area contributed by atoms with Gasteiger partial charge in [-0.25, -0.2) is 4.57 Å². The van der Waals surface area contributed by atoms with E-state index in [4.69, 9.17) is 19.1 Å². The number of aliphatic hydroxyl groups is 2. The number of hydrogen-bond acceptors (Lipinski definition) is 9. The Labute approximate surface area is 334 Å². The van der Waals surface area contributed by atoms with E-state index in [1.54, 1.807) is 0 Å². The van der Waals surface area contributed by atoms with Gasteiger partial charge in [0.05, 0.1) is 19.8 Å². The summed E-state index contributed by atoms with van der Waals surface area (Å²) in [5.74, 6) is -0.975. The predicted molar refractivity (Wildman–Crippen MR) is 224 cm³/mol. The van der Waals surface area contributed by atoms with Crippen molar-refractivity contribution in [2.75, 3.05) is 26.4 Å². The fourth-order valence-corrected chi connectivity index (χ4v) is 6.11. The van der Waals surface area contributed by atoms with E-state index in [2.05, 4.69) is 79.1 Å². The molecule has 0 aliphatic heterocycles. The summed E-state index contributed by atoms with van der Waals surface area (Å²) in [4.78, 5) is 34.9. The molecule has 0 amide bonds. The summed E-state index contributed by atoms with van der Waals surface area (Å²) in [5, 5.41) is 18.3. The second-order valence-corrected chi connectivity index (χ2v) is 15.5. The topological polar surface area (TPSA) is 149 Å². The van der Waals surface area contributed by atoms with E-state index in [1.807, 2.05) is 0 Å². The number of allylic oxidation sites excluding steroid dienone is 10. The first kappa shape index (κ1) is 52.7. The van der Waals surface area contributed by atoms with Crippen molar-refractivity contribution in [1.82, 2.24) is 0 Å². The molecule has 0 aliphatic rings. The number of phosphoric ester groups is 1. The van der Waals surface area contributed by atoms with Gasteiger partial charge in [-0.3, -0.25) is 18.6 Å². The van der Waals surface area contributed by atoms with Gasteiger partial charge in [0, 0.05) is 12.8 Å². The van der Waals surface area contributed by atoms with Gasteiger partial charge in [-0.2, -0.15) is 0 Å². The zero-order valence-electron chi connectivity index (χ0n) is 34.4. The van der Waals surface area contributed by atoms with Crippen LogP contribution in [-0.2, 0) is 32.7 Å². The maximum absolute atomic E-state index is 12.6. The molecule has 3 atom stereocenters. The Morgan fingerprint density at radius 2 is 0.945 bits per heavy atom. The third kappa shape index (κ3) is 39.7. The third-order valence-corrected chi connectivity index (χ3v) is 9.60. The number of hydrogen-bond donors (Lipinski definition) is 3. The van der Waals surface area contributed by atoms with Crippen molar-refractivity contribution >= 4 is 19.8 Å². The number of esters is 2. The van der Waals surface area contributed by atoms with E-state index in [0.717, 1.165) is 77.0 Å². The van der Waals surface area contributed by atoms with Crippen LogP contribution in [0.25, 0.3) is 0 Å². The number of carbonyl (C=O) groups is 2. The molecular formula is C44H77O10P. The molecule has 0 fully saturated rings. The first-order chi connectivity index (χ1) is 26.7. The van der Waals surface area contributed by atoms with E-state index in [-0.39, 0.29) is 19.4 Å². The summed E-state index contributed by atoms with van der Waals surface area (Å²) in [5.41, 5.74) is 0. The van der Waals surface area contributed by atoms with Gasteiger partial charge in [0.25, 0.3) is 0 Å². The highest BCUT2D eigenvalue weighted by Crippen LogP contribution is 2.43. The number of phosphoric acid groups is 1. The highest BCUT2D eigenvalue weighted by atomic mass is 31.2. The average molecular weight is 797 g/mol. The molecule has 0 spiro atoms. The maximum atomic E-state index is 12.6. The van der Waals surface area contributed by atoms with Crippen molar-refractivity contribution in [2.24, 2.45) is 0 Å². The quantitative estimate of drug-likeness (QED) is 0.0237. The molecule has 10 nitrogen and oxygen atoms in total. The van der Waals surface area contributed by atoms with Gasteiger partial charge in [-0.05, 0) is 83.5 Å². The molecule has 3 N–H and O–H groups in total. The van der Waals surface area contributed by atoms with Crippen molar-refractivity contribution in [1.29, 1.82) is 0 Å². The highest BCUT2D eigenvalue weighted by Gasteiger charge is 2.27. The first-order valence-electron chi connectivity index (χ1n) is 21.2. The number of rotatable bonds is 39. The zero-order valence-corrected chi connectivity index (χ0v) is 35.3. The van der Waals surface area contributed by atoms with Crippen LogP contribution < -0.4 is 0 Å². The fourth-order valence-electron chi connectivity index (χ4n) is 5.32. The van der Waals surface area contributed by atoms with Gasteiger partial charge in [0.2, 0.25) is 0 Å². The van der Waals surface area contributed by atoms with Crippen molar-refractivity contribution in [2.45, 2.75) is 180 Å². The normalized spacial score (nSPS) is 14.5. The van der Waals surface area contributed by atoms with Crippen LogP contribution in [0.1, 0.15) is 168 Å². The lowest BCUT2D eigenvalue weighted by molar-refractivity contribution is -0.161. The van der Waals surface area contributed by atoms with Crippen molar-refractivity contribution in [3.05, 3.63) is 60.8 Å². The molecular weight excluding hydrogens is 719 g/mol. The smallest absolute Gasteiger partial charge is 0.462 e.